The molecule has 0 amide bonds. The van der Waals surface area contributed by atoms with E-state index in [1.54, 1.807) is 0 Å². The number of carbonyl (C=O) groups is 1. The third kappa shape index (κ3) is 2.88. The van der Waals surface area contributed by atoms with Crippen molar-refractivity contribution in [3.8, 4) is 0 Å². The first-order chi connectivity index (χ1) is 9.67. The molecule has 3 heteroatoms. The molecule has 1 aliphatic heterocycles. The van der Waals surface area contributed by atoms with Crippen molar-refractivity contribution in [2.75, 3.05) is 0 Å². The summed E-state index contributed by atoms with van der Waals surface area (Å²) in [5, 5.41) is 9.15. The van der Waals surface area contributed by atoms with Crippen molar-refractivity contribution in [2.24, 2.45) is 5.41 Å². The van der Waals surface area contributed by atoms with Gasteiger partial charge in [0.1, 0.15) is 0 Å². The molecule has 0 bridgehead atoms. The predicted molar refractivity (Wildman–Crippen MR) is 76.4 cm³/mol. The maximum atomic E-state index is 11.1. The number of rotatable bonds is 5. The van der Waals surface area contributed by atoms with Crippen molar-refractivity contribution in [3.05, 3.63) is 34.9 Å². The van der Waals surface area contributed by atoms with Crippen LogP contribution in [0.4, 0.5) is 0 Å². The minimum Gasteiger partial charge on any atom is -0.481 e. The molecule has 1 aromatic rings. The van der Waals surface area contributed by atoms with Gasteiger partial charge in [-0.3, -0.25) is 4.79 Å². The van der Waals surface area contributed by atoms with Crippen LogP contribution in [0, 0.1) is 5.41 Å². The van der Waals surface area contributed by atoms with Crippen molar-refractivity contribution in [3.63, 3.8) is 0 Å². The molecule has 1 heterocycles. The number of aryl methyl sites for hydroxylation is 1. The fraction of sp³-hybridized carbons (Fsp3) is 0.588. The van der Waals surface area contributed by atoms with Crippen molar-refractivity contribution in [1.82, 2.24) is 0 Å². The van der Waals surface area contributed by atoms with Crippen LogP contribution in [0.15, 0.2) is 18.2 Å². The Morgan fingerprint density at radius 2 is 1.95 bits per heavy atom. The van der Waals surface area contributed by atoms with Crippen LogP contribution in [-0.2, 0) is 29.2 Å². The number of aliphatic carboxylic acids is 1. The Balaban J connectivity index is 1.66. The zero-order valence-corrected chi connectivity index (χ0v) is 11.9. The average molecular weight is 274 g/mol. The number of carboxylic acids is 1. The van der Waals surface area contributed by atoms with Crippen molar-refractivity contribution in [2.45, 2.75) is 58.2 Å². The van der Waals surface area contributed by atoms with Crippen LogP contribution in [0.5, 0.6) is 0 Å². The zero-order chi connectivity index (χ0) is 14.0. The predicted octanol–water partition coefficient (Wildman–Crippen LogP) is 3.68. The van der Waals surface area contributed by atoms with Gasteiger partial charge in [-0.05, 0) is 47.8 Å². The van der Waals surface area contributed by atoms with Gasteiger partial charge in [0.25, 0.3) is 0 Å². The summed E-state index contributed by atoms with van der Waals surface area (Å²) >= 11 is 0. The van der Waals surface area contributed by atoms with E-state index in [1.807, 2.05) is 0 Å². The normalized spacial score (nSPS) is 20.0. The lowest BCUT2D eigenvalue weighted by atomic mass is 9.77. The first-order valence-corrected chi connectivity index (χ1v) is 7.57. The van der Waals surface area contributed by atoms with Crippen LogP contribution in [0.25, 0.3) is 0 Å². The molecule has 0 spiro atoms. The van der Waals surface area contributed by atoms with Gasteiger partial charge >= 0.3 is 5.97 Å². The third-order valence-corrected chi connectivity index (χ3v) is 4.92. The fourth-order valence-corrected chi connectivity index (χ4v) is 3.75. The second-order valence-corrected chi connectivity index (χ2v) is 6.37. The molecule has 0 aromatic heterocycles. The van der Waals surface area contributed by atoms with Crippen LogP contribution in [0.1, 0.15) is 55.2 Å². The summed E-state index contributed by atoms with van der Waals surface area (Å²) in [7, 11) is 0. The highest BCUT2D eigenvalue weighted by Crippen LogP contribution is 2.44. The second kappa shape index (κ2) is 5.57. The van der Waals surface area contributed by atoms with E-state index in [4.69, 9.17) is 9.84 Å². The monoisotopic (exact) mass is 274 g/mol. The molecule has 1 aromatic carbocycles. The summed E-state index contributed by atoms with van der Waals surface area (Å²) in [5.41, 5.74) is 3.98. The molecule has 20 heavy (non-hydrogen) atoms. The molecule has 1 saturated carbocycles. The van der Waals surface area contributed by atoms with Gasteiger partial charge in [-0.2, -0.15) is 0 Å². The molecule has 108 valence electrons. The Bertz CT molecular complexity index is 501. The van der Waals surface area contributed by atoms with Crippen LogP contribution in [0.2, 0.25) is 0 Å². The smallest absolute Gasteiger partial charge is 0.303 e. The number of ether oxygens (including phenoxy) is 1. The highest BCUT2D eigenvalue weighted by atomic mass is 16.5. The van der Waals surface area contributed by atoms with E-state index in [0.717, 1.165) is 38.9 Å². The summed E-state index contributed by atoms with van der Waals surface area (Å²) in [4.78, 5) is 11.1. The van der Waals surface area contributed by atoms with Crippen molar-refractivity contribution < 1.29 is 14.6 Å². The Morgan fingerprint density at radius 3 is 2.70 bits per heavy atom. The van der Waals surface area contributed by atoms with E-state index in [2.05, 4.69) is 18.2 Å². The van der Waals surface area contributed by atoms with Gasteiger partial charge in [0.05, 0.1) is 19.6 Å². The molecular weight excluding hydrogens is 252 g/mol. The summed E-state index contributed by atoms with van der Waals surface area (Å²) in [5.74, 6) is -0.644. The van der Waals surface area contributed by atoms with Crippen LogP contribution in [0.3, 0.4) is 0 Å². The highest BCUT2D eigenvalue weighted by molar-refractivity contribution is 5.67. The van der Waals surface area contributed by atoms with Gasteiger partial charge in [-0.1, -0.05) is 31.0 Å². The van der Waals surface area contributed by atoms with Crippen LogP contribution < -0.4 is 0 Å². The van der Waals surface area contributed by atoms with Gasteiger partial charge in [0.2, 0.25) is 0 Å². The van der Waals surface area contributed by atoms with E-state index in [1.165, 1.54) is 29.5 Å². The lowest BCUT2D eigenvalue weighted by Gasteiger charge is -2.27. The molecule has 0 unspecified atom stereocenters. The standard InChI is InChI=1S/C17H22O3/c18-16(19)10-17(6-1-2-7-17)8-5-13-3-4-14-11-20-12-15(14)9-13/h3-4,9H,1-2,5-8,10-12H2,(H,18,19). The van der Waals surface area contributed by atoms with Gasteiger partial charge in [-0.15, -0.1) is 0 Å². The summed E-state index contributed by atoms with van der Waals surface area (Å²) in [6.07, 6.45) is 6.85. The Labute approximate surface area is 120 Å². The van der Waals surface area contributed by atoms with Crippen molar-refractivity contribution >= 4 is 5.97 Å². The lowest BCUT2D eigenvalue weighted by molar-refractivity contribution is -0.139. The van der Waals surface area contributed by atoms with Crippen molar-refractivity contribution in [1.29, 1.82) is 0 Å². The quantitative estimate of drug-likeness (QED) is 0.890. The minimum atomic E-state index is -0.644. The van der Waals surface area contributed by atoms with E-state index in [9.17, 15) is 4.79 Å². The van der Waals surface area contributed by atoms with Gasteiger partial charge < -0.3 is 9.84 Å². The number of fused-ring (bicyclic) bond motifs is 1. The molecular formula is C17H22O3. The number of hydrogen-bond acceptors (Lipinski definition) is 2. The number of benzene rings is 1. The maximum absolute atomic E-state index is 11.1. The lowest BCUT2D eigenvalue weighted by Crippen LogP contribution is -2.21. The first kappa shape index (κ1) is 13.6. The molecule has 0 saturated heterocycles. The van der Waals surface area contributed by atoms with E-state index >= 15 is 0 Å². The minimum absolute atomic E-state index is 0.0430. The van der Waals surface area contributed by atoms with Crippen LogP contribution in [-0.4, -0.2) is 11.1 Å². The maximum Gasteiger partial charge on any atom is 0.303 e. The molecule has 0 radical (unpaired) electrons. The molecule has 1 fully saturated rings. The Hall–Kier alpha value is -1.35. The average Bonchev–Trinajstić information content (AvgIpc) is 3.04. The largest absolute Gasteiger partial charge is 0.481 e. The SMILES string of the molecule is O=C(O)CC1(CCc2ccc3c(c2)COC3)CCCC1. The Morgan fingerprint density at radius 1 is 1.20 bits per heavy atom. The first-order valence-electron chi connectivity index (χ1n) is 7.57. The zero-order valence-electron chi connectivity index (χ0n) is 11.9. The summed E-state index contributed by atoms with van der Waals surface area (Å²) < 4.78 is 5.44. The van der Waals surface area contributed by atoms with Gasteiger partial charge in [0.15, 0.2) is 0 Å². The van der Waals surface area contributed by atoms with E-state index in [-0.39, 0.29) is 5.41 Å². The van der Waals surface area contributed by atoms with Gasteiger partial charge in [0, 0.05) is 0 Å². The third-order valence-electron chi connectivity index (χ3n) is 4.92. The molecule has 2 aliphatic rings. The number of hydrogen-bond donors (Lipinski definition) is 1. The molecule has 1 aliphatic carbocycles. The van der Waals surface area contributed by atoms with E-state index in [0.29, 0.717) is 6.42 Å². The molecule has 1 N–H and O–H groups in total. The second-order valence-electron chi connectivity index (χ2n) is 6.37. The molecule has 0 atom stereocenters. The molecule has 3 rings (SSSR count). The summed E-state index contributed by atoms with van der Waals surface area (Å²) in [6.45, 7) is 1.46. The number of carboxylic acid groups (broad SMARTS) is 1. The topological polar surface area (TPSA) is 46.5 Å². The highest BCUT2D eigenvalue weighted by Gasteiger charge is 2.35. The van der Waals surface area contributed by atoms with Gasteiger partial charge in [-0.25, -0.2) is 0 Å². The Kier molecular flexibility index (Phi) is 3.79. The summed E-state index contributed by atoms with van der Waals surface area (Å²) in [6, 6.07) is 6.58. The molecule has 3 nitrogen and oxygen atoms in total. The fourth-order valence-electron chi connectivity index (χ4n) is 3.75. The van der Waals surface area contributed by atoms with Crippen LogP contribution >= 0.6 is 0 Å². The van der Waals surface area contributed by atoms with E-state index < -0.39 is 5.97 Å².